The Hall–Kier alpha value is -1.62. The number of nitrogens with zero attached hydrogens (tertiary/aromatic N) is 1. The van der Waals surface area contributed by atoms with Gasteiger partial charge in [-0.3, -0.25) is 0 Å². The lowest BCUT2D eigenvalue weighted by Gasteiger charge is -1.99. The lowest BCUT2D eigenvalue weighted by atomic mass is 10.3. The second kappa shape index (κ2) is 3.68. The predicted octanol–water partition coefficient (Wildman–Crippen LogP) is -0.00220. The van der Waals surface area contributed by atoms with Crippen LogP contribution in [0, 0.1) is 0 Å². The maximum Gasteiger partial charge on any atom is 0.411 e. The molecular weight excluding hydrogens is 158 g/mol. The molecule has 1 aromatic rings. The molecule has 5 heteroatoms. The van der Waals surface area contributed by atoms with Gasteiger partial charge in [0.1, 0.15) is 0 Å². The first-order valence-electron chi connectivity index (χ1n) is 3.34. The fourth-order valence-electron chi connectivity index (χ4n) is 0.695. The van der Waals surface area contributed by atoms with Crippen LogP contribution >= 0.6 is 0 Å². The van der Waals surface area contributed by atoms with Gasteiger partial charge in [0.25, 0.3) is 0 Å². The Morgan fingerprint density at radius 3 is 2.75 bits per heavy atom. The van der Waals surface area contributed by atoms with Crippen molar-refractivity contribution in [2.75, 3.05) is 0 Å². The first-order valence-corrected chi connectivity index (χ1v) is 3.34. The largest absolute Gasteiger partial charge is 0.411 e. The van der Waals surface area contributed by atoms with Crippen LogP contribution in [0.3, 0.4) is 0 Å². The lowest BCUT2D eigenvalue weighted by Crippen LogP contribution is -2.16. The number of carbonyl (C=O) groups excluding carboxylic acids is 1. The molecule has 4 N–H and O–H groups in total. The molecule has 0 fully saturated rings. The van der Waals surface area contributed by atoms with Crippen molar-refractivity contribution < 1.29 is 9.53 Å². The Kier molecular flexibility index (Phi) is 2.60. The molecule has 0 saturated carbocycles. The number of hydrogen-bond acceptors (Lipinski definition) is 4. The van der Waals surface area contributed by atoms with Gasteiger partial charge in [-0.05, 0) is 5.56 Å². The van der Waals surface area contributed by atoms with Crippen molar-refractivity contribution in [1.29, 1.82) is 0 Å². The van der Waals surface area contributed by atoms with Gasteiger partial charge < -0.3 is 16.2 Å². The SMILES string of the molecule is NCc1ccc(OC(N)=O)nc1. The van der Waals surface area contributed by atoms with Crippen LogP contribution in [0.1, 0.15) is 5.56 Å². The molecule has 1 rings (SSSR count). The quantitative estimate of drug-likeness (QED) is 0.648. The molecule has 0 radical (unpaired) electrons. The van der Waals surface area contributed by atoms with Crippen molar-refractivity contribution in [3.8, 4) is 5.88 Å². The maximum absolute atomic E-state index is 10.3. The average Bonchev–Trinajstić information content (AvgIpc) is 2.05. The number of aromatic nitrogens is 1. The van der Waals surface area contributed by atoms with Crippen LogP contribution in [0.4, 0.5) is 4.79 Å². The zero-order valence-corrected chi connectivity index (χ0v) is 6.36. The highest BCUT2D eigenvalue weighted by Gasteiger charge is 1.98. The summed E-state index contributed by atoms with van der Waals surface area (Å²) in [4.78, 5) is 14.0. The third kappa shape index (κ3) is 2.21. The van der Waals surface area contributed by atoms with Crippen molar-refractivity contribution in [2.45, 2.75) is 6.54 Å². The number of hydrogen-bond donors (Lipinski definition) is 2. The van der Waals surface area contributed by atoms with E-state index in [2.05, 4.69) is 9.72 Å². The Labute approximate surface area is 69.3 Å². The fourth-order valence-corrected chi connectivity index (χ4v) is 0.695. The van der Waals surface area contributed by atoms with Gasteiger partial charge in [-0.25, -0.2) is 9.78 Å². The van der Waals surface area contributed by atoms with E-state index >= 15 is 0 Å². The van der Waals surface area contributed by atoms with E-state index in [-0.39, 0.29) is 5.88 Å². The molecule has 0 aromatic carbocycles. The van der Waals surface area contributed by atoms with Gasteiger partial charge in [-0.1, -0.05) is 6.07 Å². The summed E-state index contributed by atoms with van der Waals surface area (Å²) in [6, 6.07) is 3.25. The molecule has 0 bridgehead atoms. The molecule has 0 spiro atoms. The molecule has 0 aliphatic heterocycles. The third-order valence-corrected chi connectivity index (χ3v) is 1.24. The van der Waals surface area contributed by atoms with Gasteiger partial charge in [0.05, 0.1) is 0 Å². The second-order valence-electron chi connectivity index (χ2n) is 2.13. The zero-order valence-electron chi connectivity index (χ0n) is 6.36. The minimum atomic E-state index is -0.872. The molecule has 5 nitrogen and oxygen atoms in total. The summed E-state index contributed by atoms with van der Waals surface area (Å²) in [5.41, 5.74) is 11.0. The first kappa shape index (κ1) is 8.48. The monoisotopic (exact) mass is 167 g/mol. The highest BCUT2D eigenvalue weighted by atomic mass is 16.6. The maximum atomic E-state index is 10.3. The number of ether oxygens (including phenoxy) is 1. The Morgan fingerprint density at radius 2 is 2.33 bits per heavy atom. The fraction of sp³-hybridized carbons (Fsp3) is 0.143. The molecule has 1 amide bonds. The molecule has 0 unspecified atom stereocenters. The summed E-state index contributed by atoms with van der Waals surface area (Å²) in [6.07, 6.45) is 0.654. The van der Waals surface area contributed by atoms with E-state index in [0.717, 1.165) is 5.56 Å². The summed E-state index contributed by atoms with van der Waals surface area (Å²) >= 11 is 0. The summed E-state index contributed by atoms with van der Waals surface area (Å²) in [7, 11) is 0. The summed E-state index contributed by atoms with van der Waals surface area (Å²) in [5, 5.41) is 0. The summed E-state index contributed by atoms with van der Waals surface area (Å²) in [6.45, 7) is 0.407. The van der Waals surface area contributed by atoms with Gasteiger partial charge >= 0.3 is 6.09 Å². The average molecular weight is 167 g/mol. The van der Waals surface area contributed by atoms with E-state index in [1.165, 1.54) is 12.3 Å². The van der Waals surface area contributed by atoms with Crippen LogP contribution in [0.15, 0.2) is 18.3 Å². The molecule has 1 heterocycles. The number of amides is 1. The van der Waals surface area contributed by atoms with Gasteiger partial charge in [-0.15, -0.1) is 0 Å². The van der Waals surface area contributed by atoms with E-state index in [1.54, 1.807) is 6.07 Å². The minimum absolute atomic E-state index is 0.180. The number of pyridine rings is 1. The highest BCUT2D eigenvalue weighted by Crippen LogP contribution is 2.06. The molecule has 0 aliphatic rings. The van der Waals surface area contributed by atoms with Gasteiger partial charge in [-0.2, -0.15) is 0 Å². The molecule has 64 valence electrons. The normalized spacial score (nSPS) is 9.42. The van der Waals surface area contributed by atoms with Crippen LogP contribution in [-0.4, -0.2) is 11.1 Å². The van der Waals surface area contributed by atoms with Gasteiger partial charge in [0.15, 0.2) is 0 Å². The van der Waals surface area contributed by atoms with Crippen molar-refractivity contribution >= 4 is 6.09 Å². The Balaban J connectivity index is 2.71. The molecule has 0 saturated heterocycles. The van der Waals surface area contributed by atoms with Crippen LogP contribution < -0.4 is 16.2 Å². The minimum Gasteiger partial charge on any atom is -0.391 e. The van der Waals surface area contributed by atoms with E-state index in [1.807, 2.05) is 0 Å². The van der Waals surface area contributed by atoms with Crippen LogP contribution in [0.2, 0.25) is 0 Å². The molecule has 0 aliphatic carbocycles. The Morgan fingerprint density at radius 1 is 1.58 bits per heavy atom. The van der Waals surface area contributed by atoms with E-state index in [9.17, 15) is 4.79 Å². The number of carbonyl (C=O) groups is 1. The summed E-state index contributed by atoms with van der Waals surface area (Å²) in [5.74, 6) is 0.180. The van der Waals surface area contributed by atoms with Crippen LogP contribution in [-0.2, 0) is 6.54 Å². The molecule has 1 aromatic heterocycles. The van der Waals surface area contributed by atoms with Crippen molar-refractivity contribution in [3.63, 3.8) is 0 Å². The number of rotatable bonds is 2. The molecular formula is C7H9N3O2. The number of nitrogens with two attached hydrogens (primary N) is 2. The standard InChI is InChI=1S/C7H9N3O2/c8-3-5-1-2-6(10-4-5)12-7(9)11/h1-2,4H,3,8H2,(H2,9,11). The molecule has 12 heavy (non-hydrogen) atoms. The van der Waals surface area contributed by atoms with Crippen molar-refractivity contribution in [3.05, 3.63) is 23.9 Å². The van der Waals surface area contributed by atoms with Crippen molar-refractivity contribution in [1.82, 2.24) is 4.98 Å². The van der Waals surface area contributed by atoms with Crippen LogP contribution in [0.25, 0.3) is 0 Å². The predicted molar refractivity (Wildman–Crippen MR) is 42.3 cm³/mol. The van der Waals surface area contributed by atoms with Crippen molar-refractivity contribution in [2.24, 2.45) is 11.5 Å². The summed E-state index contributed by atoms with van der Waals surface area (Å²) < 4.78 is 4.50. The second-order valence-corrected chi connectivity index (χ2v) is 2.13. The van der Waals surface area contributed by atoms with E-state index in [4.69, 9.17) is 11.5 Å². The smallest absolute Gasteiger partial charge is 0.391 e. The van der Waals surface area contributed by atoms with Gasteiger partial charge in [0, 0.05) is 18.8 Å². The lowest BCUT2D eigenvalue weighted by molar-refractivity contribution is 0.209. The van der Waals surface area contributed by atoms with Gasteiger partial charge in [0.2, 0.25) is 5.88 Å². The van der Waals surface area contributed by atoms with E-state index in [0.29, 0.717) is 6.54 Å². The Bertz CT molecular complexity index is 270. The third-order valence-electron chi connectivity index (χ3n) is 1.24. The molecule has 0 atom stereocenters. The van der Waals surface area contributed by atoms with Crippen LogP contribution in [0.5, 0.6) is 5.88 Å². The first-order chi connectivity index (χ1) is 5.72. The highest BCUT2D eigenvalue weighted by molar-refractivity contribution is 5.67. The zero-order chi connectivity index (χ0) is 8.97. The van der Waals surface area contributed by atoms with E-state index < -0.39 is 6.09 Å². The topological polar surface area (TPSA) is 91.2 Å². The number of primary amides is 1.